The van der Waals surface area contributed by atoms with Crippen LogP contribution in [0.4, 0.5) is 4.39 Å². The molecule has 0 unspecified atom stereocenters. The van der Waals surface area contributed by atoms with Crippen molar-refractivity contribution in [1.82, 2.24) is 4.90 Å². The highest BCUT2D eigenvalue weighted by atomic mass is 19.1. The van der Waals surface area contributed by atoms with Gasteiger partial charge in [0.1, 0.15) is 5.82 Å². The molecule has 5 heteroatoms. The molecule has 0 spiro atoms. The van der Waals surface area contributed by atoms with Crippen molar-refractivity contribution < 1.29 is 14.4 Å². The molecule has 1 aliphatic heterocycles. The Labute approximate surface area is 120 Å². The standard InChI is InChI=1S/C15H23BFNO2/c1-15(2)6-3-8-18(9-7-15)11-12-4-5-14(17)13(10-12)16(19)20/h4-5,10,19-20H,3,6-9,11H2,1-2H3. The zero-order chi connectivity index (χ0) is 14.8. The number of benzene rings is 1. The monoisotopic (exact) mass is 279 g/mol. The third-order valence-electron chi connectivity index (χ3n) is 4.18. The second kappa shape index (κ2) is 6.25. The molecule has 2 N–H and O–H groups in total. The lowest BCUT2D eigenvalue weighted by Crippen LogP contribution is -2.34. The maximum Gasteiger partial charge on any atom is 0.491 e. The van der Waals surface area contributed by atoms with Gasteiger partial charge in [-0.2, -0.15) is 0 Å². The van der Waals surface area contributed by atoms with Gasteiger partial charge in [0.05, 0.1) is 0 Å². The molecular formula is C15H23BFNO2. The molecule has 110 valence electrons. The average molecular weight is 279 g/mol. The summed E-state index contributed by atoms with van der Waals surface area (Å²) in [5.41, 5.74) is 1.27. The average Bonchev–Trinajstić information content (AvgIpc) is 2.53. The van der Waals surface area contributed by atoms with E-state index >= 15 is 0 Å². The fourth-order valence-electron chi connectivity index (χ4n) is 2.78. The van der Waals surface area contributed by atoms with Gasteiger partial charge in [-0.05, 0) is 49.4 Å². The van der Waals surface area contributed by atoms with E-state index in [1.54, 1.807) is 12.1 Å². The molecule has 0 amide bonds. The lowest BCUT2D eigenvalue weighted by Gasteiger charge is -2.23. The van der Waals surface area contributed by atoms with Crippen LogP contribution in [-0.2, 0) is 6.54 Å². The second-order valence-electron chi connectivity index (χ2n) is 6.52. The molecule has 3 nitrogen and oxygen atoms in total. The summed E-state index contributed by atoms with van der Waals surface area (Å²) < 4.78 is 13.4. The van der Waals surface area contributed by atoms with Crippen LogP contribution in [0.3, 0.4) is 0 Å². The van der Waals surface area contributed by atoms with Crippen molar-refractivity contribution in [3.05, 3.63) is 29.6 Å². The fourth-order valence-corrected chi connectivity index (χ4v) is 2.78. The normalized spacial score (nSPS) is 19.6. The van der Waals surface area contributed by atoms with Crippen LogP contribution in [0.5, 0.6) is 0 Å². The summed E-state index contributed by atoms with van der Waals surface area (Å²) >= 11 is 0. The van der Waals surface area contributed by atoms with E-state index in [1.165, 1.54) is 18.9 Å². The smallest absolute Gasteiger partial charge is 0.423 e. The second-order valence-corrected chi connectivity index (χ2v) is 6.52. The van der Waals surface area contributed by atoms with Crippen LogP contribution in [0.2, 0.25) is 0 Å². The first-order valence-electron chi connectivity index (χ1n) is 7.24. The third kappa shape index (κ3) is 4.04. The largest absolute Gasteiger partial charge is 0.491 e. The Balaban J connectivity index is 2.05. The number of halogens is 1. The van der Waals surface area contributed by atoms with Gasteiger partial charge >= 0.3 is 7.12 Å². The fraction of sp³-hybridized carbons (Fsp3) is 0.600. The summed E-state index contributed by atoms with van der Waals surface area (Å²) in [7, 11) is -1.75. The number of hydrogen-bond donors (Lipinski definition) is 2. The lowest BCUT2D eigenvalue weighted by atomic mass is 9.79. The van der Waals surface area contributed by atoms with E-state index in [2.05, 4.69) is 18.7 Å². The van der Waals surface area contributed by atoms with Gasteiger partial charge in [0.2, 0.25) is 0 Å². The van der Waals surface area contributed by atoms with Gasteiger partial charge in [0.15, 0.2) is 0 Å². The van der Waals surface area contributed by atoms with Crippen LogP contribution in [0, 0.1) is 11.2 Å². The first kappa shape index (κ1) is 15.5. The van der Waals surface area contributed by atoms with Crippen molar-refractivity contribution in [1.29, 1.82) is 0 Å². The number of likely N-dealkylation sites (tertiary alicyclic amines) is 1. The van der Waals surface area contributed by atoms with E-state index in [9.17, 15) is 4.39 Å². The highest BCUT2D eigenvalue weighted by molar-refractivity contribution is 6.58. The summed E-state index contributed by atoms with van der Waals surface area (Å²) in [5, 5.41) is 18.3. The maximum atomic E-state index is 13.4. The number of rotatable bonds is 3. The van der Waals surface area contributed by atoms with Crippen molar-refractivity contribution in [2.24, 2.45) is 5.41 Å². The molecule has 20 heavy (non-hydrogen) atoms. The molecule has 0 atom stereocenters. The lowest BCUT2D eigenvalue weighted by molar-refractivity contribution is 0.256. The van der Waals surface area contributed by atoms with Crippen LogP contribution >= 0.6 is 0 Å². The summed E-state index contributed by atoms with van der Waals surface area (Å²) in [6, 6.07) is 4.58. The highest BCUT2D eigenvalue weighted by Gasteiger charge is 2.23. The van der Waals surface area contributed by atoms with E-state index < -0.39 is 12.9 Å². The Kier molecular flexibility index (Phi) is 4.84. The predicted octanol–water partition coefficient (Wildman–Crippen LogP) is 1.52. The molecule has 1 aromatic rings. The van der Waals surface area contributed by atoms with E-state index in [1.807, 2.05) is 0 Å². The molecule has 1 fully saturated rings. The highest BCUT2D eigenvalue weighted by Crippen LogP contribution is 2.30. The molecule has 1 aromatic carbocycles. The summed E-state index contributed by atoms with van der Waals surface area (Å²) in [4.78, 5) is 2.36. The van der Waals surface area contributed by atoms with Crippen molar-refractivity contribution in [3.63, 3.8) is 0 Å². The van der Waals surface area contributed by atoms with E-state index in [0.29, 0.717) is 5.41 Å². The SMILES string of the molecule is CC1(C)CCCN(Cc2ccc(F)c(B(O)O)c2)CC1. The third-order valence-corrected chi connectivity index (χ3v) is 4.18. The molecule has 1 heterocycles. The Morgan fingerprint density at radius 3 is 2.70 bits per heavy atom. The minimum atomic E-state index is -1.75. The molecule has 0 bridgehead atoms. The van der Waals surface area contributed by atoms with Gasteiger partial charge in [0.25, 0.3) is 0 Å². The van der Waals surface area contributed by atoms with Gasteiger partial charge in [-0.3, -0.25) is 4.90 Å². The minimum absolute atomic E-state index is 0.0438. The molecule has 1 aliphatic rings. The van der Waals surface area contributed by atoms with Gasteiger partial charge in [-0.25, -0.2) is 4.39 Å². The van der Waals surface area contributed by atoms with Crippen molar-refractivity contribution in [3.8, 4) is 0 Å². The van der Waals surface area contributed by atoms with Crippen molar-refractivity contribution in [2.75, 3.05) is 13.1 Å². The first-order valence-corrected chi connectivity index (χ1v) is 7.24. The van der Waals surface area contributed by atoms with Gasteiger partial charge < -0.3 is 10.0 Å². The summed E-state index contributed by atoms with van der Waals surface area (Å²) in [5.74, 6) is -0.569. The summed E-state index contributed by atoms with van der Waals surface area (Å²) in [6.45, 7) is 7.40. The molecule has 1 saturated heterocycles. The van der Waals surface area contributed by atoms with E-state index in [4.69, 9.17) is 10.0 Å². The van der Waals surface area contributed by atoms with Crippen LogP contribution < -0.4 is 5.46 Å². The Morgan fingerprint density at radius 1 is 1.25 bits per heavy atom. The molecule has 0 radical (unpaired) electrons. The van der Waals surface area contributed by atoms with E-state index in [-0.39, 0.29) is 5.46 Å². The molecule has 0 aliphatic carbocycles. The molecule has 0 aromatic heterocycles. The zero-order valence-electron chi connectivity index (χ0n) is 12.3. The molecule has 0 saturated carbocycles. The number of hydrogen-bond acceptors (Lipinski definition) is 3. The van der Waals surface area contributed by atoms with Crippen LogP contribution in [0.25, 0.3) is 0 Å². The van der Waals surface area contributed by atoms with Gasteiger partial charge in [-0.1, -0.05) is 26.0 Å². The molecular weight excluding hydrogens is 256 g/mol. The predicted molar refractivity (Wildman–Crippen MR) is 79.1 cm³/mol. The maximum absolute atomic E-state index is 13.4. The van der Waals surface area contributed by atoms with Crippen molar-refractivity contribution in [2.45, 2.75) is 39.7 Å². The molecule has 2 rings (SSSR count). The Hall–Kier alpha value is -0.905. The number of nitrogens with zero attached hydrogens (tertiary/aromatic N) is 1. The van der Waals surface area contributed by atoms with Gasteiger partial charge in [-0.15, -0.1) is 0 Å². The van der Waals surface area contributed by atoms with E-state index in [0.717, 1.165) is 31.6 Å². The van der Waals surface area contributed by atoms with Crippen LogP contribution in [0.1, 0.15) is 38.7 Å². The zero-order valence-corrected chi connectivity index (χ0v) is 12.3. The summed E-state index contributed by atoms with van der Waals surface area (Å²) in [6.07, 6.45) is 3.56. The minimum Gasteiger partial charge on any atom is -0.423 e. The van der Waals surface area contributed by atoms with Gasteiger partial charge in [0, 0.05) is 12.0 Å². The first-order chi connectivity index (χ1) is 9.37. The Morgan fingerprint density at radius 2 is 2.00 bits per heavy atom. The van der Waals surface area contributed by atoms with Crippen LogP contribution in [0.15, 0.2) is 18.2 Å². The Bertz CT molecular complexity index is 465. The topological polar surface area (TPSA) is 43.7 Å². The van der Waals surface area contributed by atoms with Crippen LogP contribution in [-0.4, -0.2) is 35.2 Å². The quantitative estimate of drug-likeness (QED) is 0.824. The van der Waals surface area contributed by atoms with Crippen molar-refractivity contribution >= 4 is 12.6 Å².